The molecular weight excluding hydrogens is 218 g/mol. The van der Waals surface area contributed by atoms with Gasteiger partial charge in [-0.3, -0.25) is 9.78 Å². The fraction of sp³-hybridized carbons (Fsp3) is 0.417. The van der Waals surface area contributed by atoms with Gasteiger partial charge in [0.1, 0.15) is 6.07 Å². The van der Waals surface area contributed by atoms with Crippen LogP contribution in [0.4, 0.5) is 5.69 Å². The highest BCUT2D eigenvalue weighted by atomic mass is 16.4. The number of nitrogens with zero attached hydrogens (tertiary/aromatic N) is 3. The molecule has 2 rings (SSSR count). The molecule has 1 aromatic rings. The van der Waals surface area contributed by atoms with Crippen LogP contribution in [0.5, 0.6) is 0 Å². The molecule has 0 spiro atoms. The summed E-state index contributed by atoms with van der Waals surface area (Å²) in [6.07, 6.45) is 3.19. The van der Waals surface area contributed by atoms with Gasteiger partial charge in [0.15, 0.2) is 0 Å². The molecule has 1 aromatic heterocycles. The Kier molecular flexibility index (Phi) is 2.96. The Morgan fingerprint density at radius 2 is 2.41 bits per heavy atom. The Bertz CT molecular complexity index is 481. The molecule has 2 heterocycles. The van der Waals surface area contributed by atoms with E-state index in [2.05, 4.69) is 11.1 Å². The lowest BCUT2D eigenvalue weighted by Gasteiger charge is -2.18. The second kappa shape index (κ2) is 4.42. The van der Waals surface area contributed by atoms with E-state index in [1.165, 1.54) is 0 Å². The van der Waals surface area contributed by atoms with Crippen LogP contribution < -0.4 is 4.90 Å². The average Bonchev–Trinajstić information content (AvgIpc) is 2.71. The number of carbonyl (C=O) groups is 1. The molecule has 0 radical (unpaired) electrons. The van der Waals surface area contributed by atoms with Crippen LogP contribution in [-0.4, -0.2) is 29.1 Å². The van der Waals surface area contributed by atoms with Crippen molar-refractivity contribution in [2.24, 2.45) is 11.8 Å². The number of hydrogen-bond acceptors (Lipinski definition) is 4. The maximum atomic E-state index is 11.0. The van der Waals surface area contributed by atoms with E-state index >= 15 is 0 Å². The van der Waals surface area contributed by atoms with Crippen LogP contribution >= 0.6 is 0 Å². The van der Waals surface area contributed by atoms with Gasteiger partial charge < -0.3 is 10.0 Å². The third-order valence-electron chi connectivity index (χ3n) is 3.19. The van der Waals surface area contributed by atoms with Gasteiger partial charge in [0.05, 0.1) is 23.4 Å². The number of anilines is 1. The monoisotopic (exact) mass is 231 g/mol. The Morgan fingerprint density at radius 3 is 3.00 bits per heavy atom. The van der Waals surface area contributed by atoms with Crippen LogP contribution in [0.3, 0.4) is 0 Å². The first kappa shape index (κ1) is 11.4. The first-order chi connectivity index (χ1) is 8.13. The Hall–Kier alpha value is -2.09. The Labute approximate surface area is 99.3 Å². The number of rotatable bonds is 2. The lowest BCUT2D eigenvalue weighted by molar-refractivity contribution is -0.142. The minimum absolute atomic E-state index is 0.0826. The first-order valence-electron chi connectivity index (χ1n) is 5.45. The molecule has 88 valence electrons. The first-order valence-corrected chi connectivity index (χ1v) is 5.45. The zero-order chi connectivity index (χ0) is 12.4. The predicted molar refractivity (Wildman–Crippen MR) is 61.5 cm³/mol. The Morgan fingerprint density at radius 1 is 1.65 bits per heavy atom. The maximum Gasteiger partial charge on any atom is 0.308 e. The second-order valence-electron chi connectivity index (χ2n) is 4.33. The van der Waals surface area contributed by atoms with E-state index in [1.54, 1.807) is 18.5 Å². The summed E-state index contributed by atoms with van der Waals surface area (Å²) in [6.45, 7) is 3.01. The van der Waals surface area contributed by atoms with Gasteiger partial charge in [-0.2, -0.15) is 5.26 Å². The molecule has 2 atom stereocenters. The lowest BCUT2D eigenvalue weighted by Crippen LogP contribution is -2.23. The fourth-order valence-electron chi connectivity index (χ4n) is 2.22. The summed E-state index contributed by atoms with van der Waals surface area (Å²) in [6, 6.07) is 3.75. The largest absolute Gasteiger partial charge is 0.481 e. The van der Waals surface area contributed by atoms with Crippen molar-refractivity contribution in [3.05, 3.63) is 24.0 Å². The molecule has 0 aromatic carbocycles. The summed E-state index contributed by atoms with van der Waals surface area (Å²) >= 11 is 0. The molecule has 0 amide bonds. The molecule has 1 aliphatic heterocycles. The van der Waals surface area contributed by atoms with Gasteiger partial charge in [0.25, 0.3) is 0 Å². The van der Waals surface area contributed by atoms with Gasteiger partial charge in [0.2, 0.25) is 0 Å². The van der Waals surface area contributed by atoms with Crippen LogP contribution in [0.25, 0.3) is 0 Å². The Balaban J connectivity index is 2.26. The van der Waals surface area contributed by atoms with Gasteiger partial charge in [-0.05, 0) is 12.0 Å². The van der Waals surface area contributed by atoms with Crippen molar-refractivity contribution in [3.8, 4) is 6.07 Å². The third kappa shape index (κ3) is 2.07. The summed E-state index contributed by atoms with van der Waals surface area (Å²) in [5.74, 6) is -1.07. The van der Waals surface area contributed by atoms with Crippen LogP contribution in [0.1, 0.15) is 12.5 Å². The third-order valence-corrected chi connectivity index (χ3v) is 3.19. The van der Waals surface area contributed by atoms with Crippen molar-refractivity contribution in [2.45, 2.75) is 6.92 Å². The van der Waals surface area contributed by atoms with Gasteiger partial charge in [-0.1, -0.05) is 6.92 Å². The second-order valence-corrected chi connectivity index (χ2v) is 4.33. The van der Waals surface area contributed by atoms with Gasteiger partial charge in [0, 0.05) is 19.3 Å². The van der Waals surface area contributed by atoms with Crippen molar-refractivity contribution < 1.29 is 9.90 Å². The molecule has 0 unspecified atom stereocenters. The molecule has 0 bridgehead atoms. The topological polar surface area (TPSA) is 77.2 Å². The number of aromatic nitrogens is 1. The molecule has 5 nitrogen and oxygen atoms in total. The van der Waals surface area contributed by atoms with Crippen molar-refractivity contribution in [1.29, 1.82) is 5.26 Å². The minimum atomic E-state index is -0.776. The van der Waals surface area contributed by atoms with Gasteiger partial charge in [-0.15, -0.1) is 0 Å². The van der Waals surface area contributed by atoms with Crippen LogP contribution in [0.15, 0.2) is 18.5 Å². The average molecular weight is 231 g/mol. The summed E-state index contributed by atoms with van der Waals surface area (Å²) in [7, 11) is 0. The quantitative estimate of drug-likeness (QED) is 0.825. The van der Waals surface area contributed by atoms with E-state index in [0.717, 1.165) is 5.69 Å². The summed E-state index contributed by atoms with van der Waals surface area (Å²) in [5.41, 5.74) is 1.27. The summed E-state index contributed by atoms with van der Waals surface area (Å²) in [5, 5.41) is 18.1. The molecule has 1 N–H and O–H groups in total. The number of carboxylic acid groups (broad SMARTS) is 1. The van der Waals surface area contributed by atoms with Crippen molar-refractivity contribution in [2.75, 3.05) is 18.0 Å². The molecule has 1 aliphatic rings. The van der Waals surface area contributed by atoms with Gasteiger partial charge in [-0.25, -0.2) is 0 Å². The highest BCUT2D eigenvalue weighted by Gasteiger charge is 2.35. The minimum Gasteiger partial charge on any atom is -0.481 e. The fourth-order valence-corrected chi connectivity index (χ4v) is 2.22. The van der Waals surface area contributed by atoms with E-state index in [9.17, 15) is 4.79 Å². The SMILES string of the molecule is C[C@@H]1CN(c2cnccc2C#N)C[C@H]1C(=O)O. The number of pyridine rings is 1. The van der Waals surface area contributed by atoms with Crippen molar-refractivity contribution in [3.63, 3.8) is 0 Å². The van der Waals surface area contributed by atoms with E-state index in [1.807, 2.05) is 11.8 Å². The number of hydrogen-bond donors (Lipinski definition) is 1. The van der Waals surface area contributed by atoms with Crippen LogP contribution in [-0.2, 0) is 4.79 Å². The lowest BCUT2D eigenvalue weighted by atomic mass is 9.99. The number of nitriles is 1. The number of carboxylic acids is 1. The molecule has 17 heavy (non-hydrogen) atoms. The van der Waals surface area contributed by atoms with E-state index < -0.39 is 5.97 Å². The van der Waals surface area contributed by atoms with Gasteiger partial charge >= 0.3 is 5.97 Å². The molecule has 0 saturated carbocycles. The van der Waals surface area contributed by atoms with Crippen molar-refractivity contribution in [1.82, 2.24) is 4.98 Å². The number of aliphatic carboxylic acids is 1. The predicted octanol–water partition coefficient (Wildman–Crippen LogP) is 1.11. The highest BCUT2D eigenvalue weighted by Crippen LogP contribution is 2.29. The maximum absolute atomic E-state index is 11.0. The summed E-state index contributed by atoms with van der Waals surface area (Å²) < 4.78 is 0. The van der Waals surface area contributed by atoms with E-state index in [0.29, 0.717) is 18.7 Å². The zero-order valence-electron chi connectivity index (χ0n) is 9.50. The standard InChI is InChI=1S/C12H13N3O2/c1-8-6-15(7-10(8)12(16)17)11-5-14-3-2-9(11)4-13/h2-3,5,8,10H,6-7H2,1H3,(H,16,17)/t8-,10-/m1/s1. The smallest absolute Gasteiger partial charge is 0.308 e. The van der Waals surface area contributed by atoms with Crippen molar-refractivity contribution >= 4 is 11.7 Å². The molecule has 1 fully saturated rings. The zero-order valence-corrected chi connectivity index (χ0v) is 9.50. The van der Waals surface area contributed by atoms with E-state index in [-0.39, 0.29) is 11.8 Å². The summed E-state index contributed by atoms with van der Waals surface area (Å²) in [4.78, 5) is 17.0. The molecular formula is C12H13N3O2. The molecule has 5 heteroatoms. The van der Waals surface area contributed by atoms with Crippen LogP contribution in [0, 0.1) is 23.2 Å². The molecule has 1 saturated heterocycles. The van der Waals surface area contributed by atoms with E-state index in [4.69, 9.17) is 10.4 Å². The molecule has 0 aliphatic carbocycles. The van der Waals surface area contributed by atoms with Crippen LogP contribution in [0.2, 0.25) is 0 Å². The highest BCUT2D eigenvalue weighted by molar-refractivity contribution is 5.73. The normalized spacial score (nSPS) is 23.4.